The van der Waals surface area contributed by atoms with Crippen molar-refractivity contribution in [3.8, 4) is 0 Å². The maximum absolute atomic E-state index is 11.4. The zero-order chi connectivity index (χ0) is 13.2. The average Bonchev–Trinajstić information content (AvgIpc) is 2.26. The summed E-state index contributed by atoms with van der Waals surface area (Å²) in [6.07, 6.45) is 0. The first-order valence-corrected chi connectivity index (χ1v) is 5.43. The van der Waals surface area contributed by atoms with Gasteiger partial charge in [-0.2, -0.15) is 0 Å². The smallest absolute Gasteiger partial charge is 0.339 e. The third kappa shape index (κ3) is 2.48. The quantitative estimate of drug-likeness (QED) is 0.345. The van der Waals surface area contributed by atoms with Gasteiger partial charge in [0.1, 0.15) is 0 Å². The van der Waals surface area contributed by atoms with Crippen LogP contribution in [0.5, 0.6) is 0 Å². The largest absolute Gasteiger partial charge is 0.768 e. The van der Waals surface area contributed by atoms with E-state index in [4.69, 9.17) is 0 Å². The summed E-state index contributed by atoms with van der Waals surface area (Å²) >= 11 is -2.67. The van der Waals surface area contributed by atoms with E-state index in [0.717, 1.165) is 19.2 Å². The minimum Gasteiger partial charge on any atom is -0.768 e. The standard InChI is InChI=1S/C9H9NO6S/c1-5-6(10(12)13)3-4-7(17(14)15)8(5)9(11)16-2/h3-4H,1-2H3,(H,14,15)/p-1. The highest BCUT2D eigenvalue weighted by Gasteiger charge is 2.23. The van der Waals surface area contributed by atoms with Crippen LogP contribution in [0.1, 0.15) is 15.9 Å². The van der Waals surface area contributed by atoms with E-state index >= 15 is 0 Å². The van der Waals surface area contributed by atoms with Crippen molar-refractivity contribution in [3.05, 3.63) is 33.4 Å². The Kier molecular flexibility index (Phi) is 3.92. The molecule has 0 spiro atoms. The summed E-state index contributed by atoms with van der Waals surface area (Å²) in [6.45, 7) is 1.29. The molecule has 8 heteroatoms. The first-order valence-electron chi connectivity index (χ1n) is 4.35. The number of carbonyl (C=O) groups is 1. The van der Waals surface area contributed by atoms with Gasteiger partial charge in [-0.05, 0) is 24.1 Å². The summed E-state index contributed by atoms with van der Waals surface area (Å²) in [5.74, 6) is -0.926. The van der Waals surface area contributed by atoms with Gasteiger partial charge in [0, 0.05) is 16.5 Å². The number of esters is 1. The third-order valence-corrected chi connectivity index (χ3v) is 2.86. The number of nitrogens with zero attached hydrogens (tertiary/aromatic N) is 1. The molecule has 0 aromatic heterocycles. The zero-order valence-corrected chi connectivity index (χ0v) is 9.78. The van der Waals surface area contributed by atoms with Gasteiger partial charge >= 0.3 is 5.97 Å². The minimum atomic E-state index is -2.67. The molecule has 0 bridgehead atoms. The second kappa shape index (κ2) is 5.02. The molecule has 1 rings (SSSR count). The number of methoxy groups -OCH3 is 1. The molecule has 1 aromatic rings. The first-order chi connectivity index (χ1) is 7.90. The fourth-order valence-electron chi connectivity index (χ4n) is 1.37. The fourth-order valence-corrected chi connectivity index (χ4v) is 1.95. The average molecular weight is 258 g/mol. The second-order valence-corrected chi connectivity index (χ2v) is 3.98. The van der Waals surface area contributed by atoms with Crippen molar-refractivity contribution in [2.24, 2.45) is 0 Å². The fraction of sp³-hybridized carbons (Fsp3) is 0.222. The Hall–Kier alpha value is -1.80. The molecule has 1 aromatic carbocycles. The molecule has 0 fully saturated rings. The van der Waals surface area contributed by atoms with Gasteiger partial charge < -0.3 is 9.29 Å². The molecule has 0 N–H and O–H groups in total. The van der Waals surface area contributed by atoms with Crippen molar-refractivity contribution < 1.29 is 23.2 Å². The van der Waals surface area contributed by atoms with E-state index in [9.17, 15) is 23.7 Å². The maximum atomic E-state index is 11.4. The van der Waals surface area contributed by atoms with Crippen LogP contribution in [0.2, 0.25) is 0 Å². The Labute approximate surface area is 98.8 Å². The van der Waals surface area contributed by atoms with Crippen LogP contribution < -0.4 is 0 Å². The number of nitro benzene ring substituents is 1. The van der Waals surface area contributed by atoms with Crippen LogP contribution in [0, 0.1) is 17.0 Å². The molecule has 0 aliphatic heterocycles. The normalized spacial score (nSPS) is 11.9. The zero-order valence-electron chi connectivity index (χ0n) is 8.96. The van der Waals surface area contributed by atoms with Crippen molar-refractivity contribution in [2.45, 2.75) is 11.8 Å². The number of rotatable bonds is 3. The van der Waals surface area contributed by atoms with E-state index in [-0.39, 0.29) is 21.7 Å². The van der Waals surface area contributed by atoms with Gasteiger partial charge in [0.15, 0.2) is 0 Å². The van der Waals surface area contributed by atoms with Crippen LogP contribution in [-0.2, 0) is 15.8 Å². The lowest BCUT2D eigenvalue weighted by molar-refractivity contribution is -0.385. The number of benzene rings is 1. The summed E-state index contributed by atoms with van der Waals surface area (Å²) in [5.41, 5.74) is -0.682. The Morgan fingerprint density at radius 2 is 2.06 bits per heavy atom. The molecule has 17 heavy (non-hydrogen) atoms. The minimum absolute atomic E-state index is 0.0384. The summed E-state index contributed by atoms with van der Waals surface area (Å²) in [7, 11) is 1.07. The number of nitro groups is 1. The molecule has 0 saturated heterocycles. The Balaban J connectivity index is 3.58. The lowest BCUT2D eigenvalue weighted by Crippen LogP contribution is -2.10. The molecular formula is C9H8NO6S-. The SMILES string of the molecule is COC(=O)c1c(S(=O)[O-])ccc([N+](=O)[O-])c1C. The molecule has 92 valence electrons. The van der Waals surface area contributed by atoms with E-state index in [1.165, 1.54) is 6.92 Å². The second-order valence-electron chi connectivity index (χ2n) is 3.07. The molecule has 7 nitrogen and oxygen atoms in total. The summed E-state index contributed by atoms with van der Waals surface area (Å²) < 4.78 is 26.2. The van der Waals surface area contributed by atoms with Crippen LogP contribution in [0.3, 0.4) is 0 Å². The third-order valence-electron chi connectivity index (χ3n) is 2.16. The molecule has 1 unspecified atom stereocenters. The highest BCUT2D eigenvalue weighted by molar-refractivity contribution is 7.79. The Morgan fingerprint density at radius 1 is 1.47 bits per heavy atom. The van der Waals surface area contributed by atoms with Crippen LogP contribution in [0.25, 0.3) is 0 Å². The van der Waals surface area contributed by atoms with Crippen LogP contribution in [0.4, 0.5) is 5.69 Å². The van der Waals surface area contributed by atoms with E-state index in [1.54, 1.807) is 0 Å². The van der Waals surface area contributed by atoms with E-state index < -0.39 is 22.0 Å². The highest BCUT2D eigenvalue weighted by atomic mass is 32.2. The molecule has 1 atom stereocenters. The summed E-state index contributed by atoms with van der Waals surface area (Å²) in [6, 6.07) is 2.04. The van der Waals surface area contributed by atoms with Crippen molar-refractivity contribution >= 4 is 22.7 Å². The molecule has 0 aliphatic rings. The van der Waals surface area contributed by atoms with Gasteiger partial charge in [-0.1, -0.05) is 0 Å². The van der Waals surface area contributed by atoms with Crippen LogP contribution >= 0.6 is 0 Å². The predicted octanol–water partition coefficient (Wildman–Crippen LogP) is 0.928. The van der Waals surface area contributed by atoms with Gasteiger partial charge in [-0.15, -0.1) is 0 Å². The van der Waals surface area contributed by atoms with E-state index in [2.05, 4.69) is 4.74 Å². The van der Waals surface area contributed by atoms with Gasteiger partial charge in [-0.25, -0.2) is 4.79 Å². The molecule has 0 amide bonds. The maximum Gasteiger partial charge on any atom is 0.339 e. The lowest BCUT2D eigenvalue weighted by atomic mass is 10.1. The molecule has 0 radical (unpaired) electrons. The highest BCUT2D eigenvalue weighted by Crippen LogP contribution is 2.26. The first kappa shape index (κ1) is 13.3. The molecular weight excluding hydrogens is 250 g/mol. The van der Waals surface area contributed by atoms with Crippen LogP contribution in [0.15, 0.2) is 17.0 Å². The van der Waals surface area contributed by atoms with Crippen molar-refractivity contribution in [2.75, 3.05) is 7.11 Å². The van der Waals surface area contributed by atoms with E-state index in [1.807, 2.05) is 0 Å². The topological polar surface area (TPSA) is 110 Å². The van der Waals surface area contributed by atoms with Crippen molar-refractivity contribution in [1.29, 1.82) is 0 Å². The molecule has 0 heterocycles. The van der Waals surface area contributed by atoms with Gasteiger partial charge in [0.2, 0.25) is 0 Å². The van der Waals surface area contributed by atoms with Gasteiger partial charge in [0.25, 0.3) is 5.69 Å². The van der Waals surface area contributed by atoms with E-state index in [0.29, 0.717) is 0 Å². The number of hydrogen-bond donors (Lipinski definition) is 0. The number of hydrogen-bond acceptors (Lipinski definition) is 6. The van der Waals surface area contributed by atoms with Gasteiger partial charge in [0.05, 0.1) is 17.6 Å². The van der Waals surface area contributed by atoms with Crippen molar-refractivity contribution in [1.82, 2.24) is 0 Å². The van der Waals surface area contributed by atoms with Crippen LogP contribution in [-0.4, -0.2) is 26.8 Å². The lowest BCUT2D eigenvalue weighted by Gasteiger charge is -2.12. The predicted molar refractivity (Wildman–Crippen MR) is 56.4 cm³/mol. The van der Waals surface area contributed by atoms with Gasteiger partial charge in [-0.3, -0.25) is 14.3 Å². The Morgan fingerprint density at radius 3 is 2.47 bits per heavy atom. The van der Waals surface area contributed by atoms with Crippen molar-refractivity contribution in [3.63, 3.8) is 0 Å². The number of ether oxygens (including phenoxy) is 1. The molecule has 0 aliphatic carbocycles. The molecule has 0 saturated carbocycles. The summed E-state index contributed by atoms with van der Waals surface area (Å²) in [4.78, 5) is 21.1. The number of carbonyl (C=O) groups excluding carboxylic acids is 1. The summed E-state index contributed by atoms with van der Waals surface area (Å²) in [5, 5.41) is 10.7. The monoisotopic (exact) mass is 258 g/mol. The Bertz CT molecular complexity index is 512.